The second-order valence-corrected chi connectivity index (χ2v) is 10.1. The van der Waals surface area contributed by atoms with Crippen LogP contribution in [0.15, 0.2) is 36.9 Å². The lowest BCUT2D eigenvalue weighted by molar-refractivity contribution is -0.382. The van der Waals surface area contributed by atoms with Crippen molar-refractivity contribution in [1.82, 2.24) is 19.5 Å². The number of nitrogens with one attached hydrogen (secondary N) is 1. The molecule has 1 aliphatic carbocycles. The number of hydrogen-bond acceptors (Lipinski definition) is 7. The highest BCUT2D eigenvalue weighted by atomic mass is 16.6. The molecule has 10 nitrogen and oxygen atoms in total. The maximum atomic E-state index is 12.2. The lowest BCUT2D eigenvalue weighted by Crippen LogP contribution is -2.45. The van der Waals surface area contributed by atoms with Gasteiger partial charge in [0, 0.05) is 37.2 Å². The molecule has 0 bridgehead atoms. The Morgan fingerprint density at radius 1 is 1.14 bits per heavy atom. The summed E-state index contributed by atoms with van der Waals surface area (Å²) in [4.78, 5) is 25.7. The van der Waals surface area contributed by atoms with Crippen molar-refractivity contribution in [1.29, 1.82) is 0 Å². The second-order valence-electron chi connectivity index (χ2n) is 10.1. The minimum atomic E-state index is -0.762. The van der Waals surface area contributed by atoms with Gasteiger partial charge in [0.05, 0.1) is 40.2 Å². The Morgan fingerprint density at radius 2 is 1.97 bits per heavy atom. The van der Waals surface area contributed by atoms with E-state index in [9.17, 15) is 20.3 Å². The average molecular weight is 491 g/mol. The topological polar surface area (TPSA) is 133 Å². The Bertz CT molecular complexity index is 1420. The van der Waals surface area contributed by atoms with Gasteiger partial charge in [-0.1, -0.05) is 25.3 Å². The molecule has 2 fully saturated rings. The van der Waals surface area contributed by atoms with Crippen molar-refractivity contribution < 1.29 is 15.1 Å². The summed E-state index contributed by atoms with van der Waals surface area (Å²) in [6, 6.07) is 8.47. The molecular weight excluding hydrogens is 460 g/mol. The Hall–Kier alpha value is -3.50. The minimum absolute atomic E-state index is 0.0766. The quantitative estimate of drug-likeness (QED) is 0.282. The highest BCUT2D eigenvalue weighted by molar-refractivity contribution is 6.03. The first-order chi connectivity index (χ1) is 17.5. The van der Waals surface area contributed by atoms with E-state index in [1.54, 1.807) is 0 Å². The van der Waals surface area contributed by atoms with Crippen molar-refractivity contribution in [3.05, 3.63) is 47.0 Å². The van der Waals surface area contributed by atoms with Crippen LogP contribution in [-0.4, -0.2) is 60.5 Å². The zero-order valence-corrected chi connectivity index (χ0v) is 20.0. The van der Waals surface area contributed by atoms with Crippen LogP contribution in [0.3, 0.4) is 0 Å². The van der Waals surface area contributed by atoms with Crippen LogP contribution in [0.1, 0.15) is 44.6 Å². The largest absolute Gasteiger partial charge is 0.396 e. The summed E-state index contributed by atoms with van der Waals surface area (Å²) >= 11 is 0. The van der Waals surface area contributed by atoms with Gasteiger partial charge in [0.15, 0.2) is 5.52 Å². The van der Waals surface area contributed by atoms with Gasteiger partial charge in [0.2, 0.25) is 0 Å². The van der Waals surface area contributed by atoms with Crippen LogP contribution in [0, 0.1) is 16.0 Å². The maximum Gasteiger partial charge on any atom is 0.320 e. The van der Waals surface area contributed by atoms with E-state index >= 15 is 0 Å². The fourth-order valence-corrected chi connectivity index (χ4v) is 5.99. The average Bonchev–Trinajstić information content (AvgIpc) is 3.55. The number of benzene rings is 2. The number of rotatable bonds is 5. The summed E-state index contributed by atoms with van der Waals surface area (Å²) < 4.78 is 2.29. The van der Waals surface area contributed by atoms with Gasteiger partial charge < -0.3 is 24.7 Å². The van der Waals surface area contributed by atoms with Crippen LogP contribution in [-0.2, 0) is 0 Å². The fraction of sp³-hybridized carbons (Fsp3) is 0.462. The molecule has 3 heterocycles. The van der Waals surface area contributed by atoms with E-state index in [0.29, 0.717) is 35.7 Å². The molecule has 2 aromatic heterocycles. The molecule has 0 amide bonds. The number of nitrogens with zero attached hydrogens (tertiary/aromatic N) is 5. The molecule has 0 radical (unpaired) electrons. The van der Waals surface area contributed by atoms with Gasteiger partial charge in [-0.05, 0) is 43.0 Å². The van der Waals surface area contributed by atoms with Crippen molar-refractivity contribution in [3.63, 3.8) is 0 Å². The van der Waals surface area contributed by atoms with E-state index in [2.05, 4.69) is 20.6 Å². The van der Waals surface area contributed by atoms with Crippen LogP contribution in [0.2, 0.25) is 0 Å². The Balaban J connectivity index is 1.45. The molecule has 2 aliphatic rings. The van der Waals surface area contributed by atoms with Crippen LogP contribution >= 0.6 is 0 Å². The summed E-state index contributed by atoms with van der Waals surface area (Å²) in [6.07, 6.45) is 9.34. The fourth-order valence-electron chi connectivity index (χ4n) is 5.99. The van der Waals surface area contributed by atoms with Gasteiger partial charge in [-0.25, -0.2) is 9.97 Å². The standard InChI is InChI=1S/C26H30N6O4/c33-13-17-8-9-30(12-23(17)34)22-11-19(24-25(28-14-27-24)26(22)32(35)36)16-6-7-21-20(10-16)29-15-31(21)18-4-2-1-3-5-18/h6-7,10-11,14-15,17-18,23,33-34H,1-5,8-9,12-13H2,(H,27,28)/t17-,23+/m1/s1. The van der Waals surface area contributed by atoms with Crippen molar-refractivity contribution in [2.45, 2.75) is 50.7 Å². The molecule has 1 saturated heterocycles. The van der Waals surface area contributed by atoms with Gasteiger partial charge >= 0.3 is 5.69 Å². The first-order valence-corrected chi connectivity index (χ1v) is 12.7. The molecular formula is C26H30N6O4. The summed E-state index contributed by atoms with van der Waals surface area (Å²) in [6.45, 7) is 0.615. The molecule has 10 heteroatoms. The summed E-state index contributed by atoms with van der Waals surface area (Å²) in [5.41, 5.74) is 4.93. The number of β-amino-alcohol motifs (C(OH)–C–C–N with tert-alkyl or cyclic N) is 1. The van der Waals surface area contributed by atoms with E-state index in [1.807, 2.05) is 29.4 Å². The zero-order chi connectivity index (χ0) is 24.8. The minimum Gasteiger partial charge on any atom is -0.396 e. The first-order valence-electron chi connectivity index (χ1n) is 12.7. The van der Waals surface area contributed by atoms with Crippen LogP contribution in [0.4, 0.5) is 11.4 Å². The molecule has 4 aromatic rings. The van der Waals surface area contributed by atoms with E-state index in [4.69, 9.17) is 4.98 Å². The van der Waals surface area contributed by atoms with Crippen LogP contribution in [0.25, 0.3) is 33.2 Å². The first kappa shape index (κ1) is 22.9. The number of anilines is 1. The summed E-state index contributed by atoms with van der Waals surface area (Å²) in [5, 5.41) is 32.2. The molecule has 36 heavy (non-hydrogen) atoms. The molecule has 1 aliphatic heterocycles. The van der Waals surface area contributed by atoms with Gasteiger partial charge in [-0.3, -0.25) is 10.1 Å². The van der Waals surface area contributed by atoms with E-state index in [0.717, 1.165) is 22.2 Å². The predicted molar refractivity (Wildman–Crippen MR) is 137 cm³/mol. The van der Waals surface area contributed by atoms with Crippen molar-refractivity contribution >= 4 is 33.4 Å². The van der Waals surface area contributed by atoms with Crippen LogP contribution < -0.4 is 4.90 Å². The Labute approximate surface area is 207 Å². The number of imidazole rings is 2. The molecule has 0 unspecified atom stereocenters. The highest BCUT2D eigenvalue weighted by Crippen LogP contribution is 2.42. The lowest BCUT2D eigenvalue weighted by Gasteiger charge is -2.36. The third kappa shape index (κ3) is 3.81. The van der Waals surface area contributed by atoms with Crippen molar-refractivity contribution in [2.75, 3.05) is 24.6 Å². The van der Waals surface area contributed by atoms with E-state index in [1.165, 1.54) is 38.4 Å². The molecule has 2 atom stereocenters. The third-order valence-electron chi connectivity index (χ3n) is 7.99. The maximum absolute atomic E-state index is 12.2. The molecule has 2 aromatic carbocycles. The van der Waals surface area contributed by atoms with Gasteiger partial charge in [0.25, 0.3) is 0 Å². The van der Waals surface area contributed by atoms with E-state index < -0.39 is 11.0 Å². The number of fused-ring (bicyclic) bond motifs is 2. The number of aliphatic hydroxyl groups excluding tert-OH is 2. The second kappa shape index (κ2) is 9.18. The molecule has 6 rings (SSSR count). The number of aromatic amines is 1. The lowest BCUT2D eigenvalue weighted by atomic mass is 9.93. The Kier molecular flexibility index (Phi) is 5.85. The van der Waals surface area contributed by atoms with Crippen molar-refractivity contribution in [2.24, 2.45) is 5.92 Å². The number of aliphatic hydroxyl groups is 2. The third-order valence-corrected chi connectivity index (χ3v) is 7.99. The molecule has 3 N–H and O–H groups in total. The van der Waals surface area contributed by atoms with Gasteiger partial charge in [-0.15, -0.1) is 0 Å². The number of piperidine rings is 1. The van der Waals surface area contributed by atoms with Crippen LogP contribution in [0.5, 0.6) is 0 Å². The predicted octanol–water partition coefficient (Wildman–Crippen LogP) is 4.17. The smallest absolute Gasteiger partial charge is 0.320 e. The number of hydrogen-bond donors (Lipinski definition) is 3. The van der Waals surface area contributed by atoms with Crippen molar-refractivity contribution in [3.8, 4) is 11.1 Å². The number of nitro benzene ring substituents is 1. The highest BCUT2D eigenvalue weighted by Gasteiger charge is 2.33. The normalized spacial score (nSPS) is 21.4. The molecule has 188 valence electrons. The molecule has 0 spiro atoms. The Morgan fingerprint density at radius 3 is 2.72 bits per heavy atom. The monoisotopic (exact) mass is 490 g/mol. The number of aromatic nitrogens is 4. The molecule has 1 saturated carbocycles. The SMILES string of the molecule is O=[N+]([O-])c1c(N2CC[C@H](CO)[C@@H](O)C2)cc(-c2ccc3c(c2)ncn3C2CCCCC2)c2[nH]cnc12. The number of nitro groups is 1. The van der Waals surface area contributed by atoms with Gasteiger partial charge in [0.1, 0.15) is 5.69 Å². The van der Waals surface area contributed by atoms with E-state index in [-0.39, 0.29) is 24.8 Å². The zero-order valence-electron chi connectivity index (χ0n) is 20.0. The van der Waals surface area contributed by atoms with Gasteiger partial charge in [-0.2, -0.15) is 0 Å². The number of H-pyrrole nitrogens is 1. The summed E-state index contributed by atoms with van der Waals surface area (Å²) in [7, 11) is 0. The summed E-state index contributed by atoms with van der Waals surface area (Å²) in [5.74, 6) is -0.226.